The number of nitrogens with two attached hydrogens (primary N) is 1. The fraction of sp³-hybridized carbons (Fsp3) is 0.280. The second-order valence-electron chi connectivity index (χ2n) is 7.48. The van der Waals surface area contributed by atoms with Gasteiger partial charge in [-0.3, -0.25) is 0 Å². The molecule has 0 spiro atoms. The van der Waals surface area contributed by atoms with E-state index in [1.54, 1.807) is 0 Å². The van der Waals surface area contributed by atoms with Crippen molar-refractivity contribution in [1.82, 2.24) is 0 Å². The van der Waals surface area contributed by atoms with Crippen molar-refractivity contribution in [3.63, 3.8) is 0 Å². The first kappa shape index (κ1) is 17.8. The molecular formula is C25H27NO. The zero-order valence-corrected chi connectivity index (χ0v) is 15.7. The van der Waals surface area contributed by atoms with Gasteiger partial charge in [0.1, 0.15) is 12.4 Å². The molecular weight excluding hydrogens is 330 g/mol. The molecule has 1 unspecified atom stereocenters. The summed E-state index contributed by atoms with van der Waals surface area (Å²) >= 11 is 0. The maximum absolute atomic E-state index is 6.39. The van der Waals surface area contributed by atoms with E-state index in [0.717, 1.165) is 31.4 Å². The highest BCUT2D eigenvalue weighted by molar-refractivity contribution is 5.37. The van der Waals surface area contributed by atoms with Crippen LogP contribution in [-0.2, 0) is 19.4 Å². The number of hydrogen-bond acceptors (Lipinski definition) is 2. The smallest absolute Gasteiger partial charge is 0.119 e. The van der Waals surface area contributed by atoms with E-state index in [1.807, 2.05) is 18.2 Å². The standard InChI is InChI=1S/C25H27NO/c26-25-17-21-10-4-5-11-23(21)24(25)12-6-9-19-13-15-22(16-14-19)27-18-20-7-2-1-3-8-20/h1-5,7-8,10-11,13-16,24-25H,6,9,12,17-18,26H2/t24?,25-/m0/s1. The predicted octanol–water partition coefficient (Wildman–Crippen LogP) is 5.26. The molecule has 27 heavy (non-hydrogen) atoms. The van der Waals surface area contributed by atoms with Crippen LogP contribution in [0.4, 0.5) is 0 Å². The Kier molecular flexibility index (Phi) is 5.55. The van der Waals surface area contributed by atoms with Crippen LogP contribution in [0.5, 0.6) is 5.75 Å². The van der Waals surface area contributed by atoms with Gasteiger partial charge in [0.15, 0.2) is 0 Å². The number of hydrogen-bond donors (Lipinski definition) is 1. The largest absolute Gasteiger partial charge is 0.489 e. The molecule has 0 fully saturated rings. The van der Waals surface area contributed by atoms with Crippen molar-refractivity contribution in [3.8, 4) is 5.75 Å². The highest BCUT2D eigenvalue weighted by Crippen LogP contribution is 2.35. The first-order valence-electron chi connectivity index (χ1n) is 9.88. The number of fused-ring (bicyclic) bond motifs is 1. The average molecular weight is 357 g/mol. The van der Waals surface area contributed by atoms with Gasteiger partial charge in [-0.2, -0.15) is 0 Å². The maximum Gasteiger partial charge on any atom is 0.119 e. The molecule has 1 aliphatic carbocycles. The molecule has 0 saturated carbocycles. The molecule has 2 heteroatoms. The highest BCUT2D eigenvalue weighted by Gasteiger charge is 2.28. The summed E-state index contributed by atoms with van der Waals surface area (Å²) in [5.74, 6) is 1.43. The quantitative estimate of drug-likeness (QED) is 0.626. The van der Waals surface area contributed by atoms with Gasteiger partial charge < -0.3 is 10.5 Å². The number of ether oxygens (including phenoxy) is 1. The Morgan fingerprint density at radius 1 is 0.815 bits per heavy atom. The molecule has 0 radical (unpaired) electrons. The summed E-state index contributed by atoms with van der Waals surface area (Å²) in [7, 11) is 0. The summed E-state index contributed by atoms with van der Waals surface area (Å²) in [6, 6.07) is 27.8. The van der Waals surface area contributed by atoms with Gasteiger partial charge in [-0.25, -0.2) is 0 Å². The first-order chi connectivity index (χ1) is 13.3. The maximum atomic E-state index is 6.39. The van der Waals surface area contributed by atoms with Crippen LogP contribution >= 0.6 is 0 Å². The van der Waals surface area contributed by atoms with Gasteiger partial charge in [0.2, 0.25) is 0 Å². The van der Waals surface area contributed by atoms with Gasteiger partial charge in [-0.05, 0) is 66.0 Å². The Hall–Kier alpha value is -2.58. The fourth-order valence-electron chi connectivity index (χ4n) is 4.10. The highest BCUT2D eigenvalue weighted by atomic mass is 16.5. The van der Waals surface area contributed by atoms with E-state index in [0.29, 0.717) is 12.5 Å². The van der Waals surface area contributed by atoms with Gasteiger partial charge in [-0.1, -0.05) is 66.7 Å². The van der Waals surface area contributed by atoms with Crippen LogP contribution < -0.4 is 10.5 Å². The molecule has 0 amide bonds. The summed E-state index contributed by atoms with van der Waals surface area (Å²) in [5, 5.41) is 0. The topological polar surface area (TPSA) is 35.2 Å². The lowest BCUT2D eigenvalue weighted by atomic mass is 9.92. The van der Waals surface area contributed by atoms with E-state index < -0.39 is 0 Å². The van der Waals surface area contributed by atoms with Gasteiger partial charge in [0.05, 0.1) is 0 Å². The summed E-state index contributed by atoms with van der Waals surface area (Å²) < 4.78 is 5.87. The van der Waals surface area contributed by atoms with Crippen LogP contribution in [0, 0.1) is 0 Å². The Morgan fingerprint density at radius 2 is 1.56 bits per heavy atom. The van der Waals surface area contributed by atoms with Crippen molar-refractivity contribution in [2.45, 2.75) is 44.2 Å². The number of rotatable bonds is 7. The lowest BCUT2D eigenvalue weighted by Gasteiger charge is -2.16. The molecule has 138 valence electrons. The zero-order chi connectivity index (χ0) is 18.5. The van der Waals surface area contributed by atoms with Crippen LogP contribution in [0.25, 0.3) is 0 Å². The van der Waals surface area contributed by atoms with Crippen LogP contribution in [-0.4, -0.2) is 6.04 Å². The molecule has 0 saturated heterocycles. The third-order valence-corrected chi connectivity index (χ3v) is 5.58. The van der Waals surface area contributed by atoms with Crippen molar-refractivity contribution in [3.05, 3.63) is 101 Å². The molecule has 3 aromatic carbocycles. The van der Waals surface area contributed by atoms with E-state index in [4.69, 9.17) is 10.5 Å². The van der Waals surface area contributed by atoms with Crippen molar-refractivity contribution in [2.24, 2.45) is 5.73 Å². The molecule has 0 bridgehead atoms. The van der Waals surface area contributed by atoms with Crippen molar-refractivity contribution >= 4 is 0 Å². The van der Waals surface area contributed by atoms with Crippen LogP contribution in [0.2, 0.25) is 0 Å². The Bertz CT molecular complexity index is 857. The monoisotopic (exact) mass is 357 g/mol. The molecule has 1 aliphatic rings. The Balaban J connectivity index is 1.27. The summed E-state index contributed by atoms with van der Waals surface area (Å²) in [6.07, 6.45) is 4.43. The molecule has 2 nitrogen and oxygen atoms in total. The van der Waals surface area contributed by atoms with E-state index in [2.05, 4.69) is 60.7 Å². The minimum Gasteiger partial charge on any atom is -0.489 e. The van der Waals surface area contributed by atoms with E-state index in [1.165, 1.54) is 22.3 Å². The molecule has 0 heterocycles. The van der Waals surface area contributed by atoms with Crippen LogP contribution in [0.15, 0.2) is 78.9 Å². The predicted molar refractivity (Wildman–Crippen MR) is 111 cm³/mol. The minimum absolute atomic E-state index is 0.274. The number of aryl methyl sites for hydroxylation is 1. The normalized spacial score (nSPS) is 18.3. The SMILES string of the molecule is N[C@H]1Cc2ccccc2C1CCCc1ccc(OCc2ccccc2)cc1. The summed E-state index contributed by atoms with van der Waals surface area (Å²) in [5.41, 5.74) is 11.9. The van der Waals surface area contributed by atoms with E-state index >= 15 is 0 Å². The Labute approximate surface area is 162 Å². The fourth-order valence-corrected chi connectivity index (χ4v) is 4.10. The van der Waals surface area contributed by atoms with E-state index in [-0.39, 0.29) is 6.04 Å². The molecule has 2 atom stereocenters. The van der Waals surface area contributed by atoms with Crippen LogP contribution in [0.3, 0.4) is 0 Å². The van der Waals surface area contributed by atoms with Crippen LogP contribution in [0.1, 0.15) is 41.0 Å². The lowest BCUT2D eigenvalue weighted by Crippen LogP contribution is -2.25. The summed E-state index contributed by atoms with van der Waals surface area (Å²) in [4.78, 5) is 0. The third-order valence-electron chi connectivity index (χ3n) is 5.58. The third kappa shape index (κ3) is 4.40. The zero-order valence-electron chi connectivity index (χ0n) is 15.7. The summed E-state index contributed by atoms with van der Waals surface area (Å²) in [6.45, 7) is 0.610. The van der Waals surface area contributed by atoms with Gasteiger partial charge in [0.25, 0.3) is 0 Å². The van der Waals surface area contributed by atoms with Crippen molar-refractivity contribution < 1.29 is 4.74 Å². The molecule has 2 N–H and O–H groups in total. The van der Waals surface area contributed by atoms with Gasteiger partial charge in [0, 0.05) is 6.04 Å². The second kappa shape index (κ2) is 8.41. The molecule has 0 aliphatic heterocycles. The van der Waals surface area contributed by atoms with E-state index in [9.17, 15) is 0 Å². The number of benzene rings is 3. The minimum atomic E-state index is 0.274. The average Bonchev–Trinajstić information content (AvgIpc) is 3.03. The molecule has 0 aromatic heterocycles. The lowest BCUT2D eigenvalue weighted by molar-refractivity contribution is 0.306. The second-order valence-corrected chi connectivity index (χ2v) is 7.48. The van der Waals surface area contributed by atoms with Crippen molar-refractivity contribution in [2.75, 3.05) is 0 Å². The first-order valence-corrected chi connectivity index (χ1v) is 9.88. The molecule has 3 aromatic rings. The van der Waals surface area contributed by atoms with Crippen molar-refractivity contribution in [1.29, 1.82) is 0 Å². The molecule has 4 rings (SSSR count). The van der Waals surface area contributed by atoms with Gasteiger partial charge in [-0.15, -0.1) is 0 Å². The van der Waals surface area contributed by atoms with Gasteiger partial charge >= 0.3 is 0 Å². The Morgan fingerprint density at radius 3 is 2.37 bits per heavy atom.